The topological polar surface area (TPSA) is 73.6 Å². The molecule has 1 saturated heterocycles. The summed E-state index contributed by atoms with van der Waals surface area (Å²) < 4.78 is 5.50. The van der Waals surface area contributed by atoms with Crippen LogP contribution in [0.1, 0.15) is 18.4 Å². The number of methoxy groups -OCH3 is 1. The van der Waals surface area contributed by atoms with Crippen LogP contribution < -0.4 is 4.74 Å². The molecule has 5 nitrogen and oxygen atoms in total. The number of carbonyl (C=O) groups is 1. The van der Waals surface area contributed by atoms with E-state index in [1.165, 1.54) is 13.2 Å². The first-order valence-corrected chi connectivity index (χ1v) is 7.33. The summed E-state index contributed by atoms with van der Waals surface area (Å²) in [4.78, 5) is 13.9. The molecule has 0 radical (unpaired) electrons. The lowest BCUT2D eigenvalue weighted by Gasteiger charge is -2.14. The number of benzene rings is 1. The number of likely N-dealkylation sites (tertiary alicyclic amines) is 1. The van der Waals surface area contributed by atoms with E-state index in [0.717, 1.165) is 12.8 Å². The monoisotopic (exact) mass is 350 g/mol. The maximum absolute atomic E-state index is 12.2. The minimum absolute atomic E-state index is 0.0148. The van der Waals surface area contributed by atoms with E-state index in [4.69, 9.17) is 4.74 Å². The Bertz CT molecular complexity index is 629. The van der Waals surface area contributed by atoms with Crippen LogP contribution in [-0.4, -0.2) is 36.1 Å². The summed E-state index contributed by atoms with van der Waals surface area (Å²) in [5.41, 5.74) is 0.692. The highest BCUT2D eigenvalue weighted by Gasteiger charge is 2.21. The lowest BCUT2D eigenvalue weighted by atomic mass is 10.1. The van der Waals surface area contributed by atoms with Gasteiger partial charge in [0.2, 0.25) is 0 Å². The van der Waals surface area contributed by atoms with E-state index in [-0.39, 0.29) is 23.0 Å². The summed E-state index contributed by atoms with van der Waals surface area (Å²) in [6.07, 6.45) is 3.46. The van der Waals surface area contributed by atoms with E-state index in [9.17, 15) is 15.2 Å². The molecule has 1 fully saturated rings. The zero-order chi connectivity index (χ0) is 15.4. The van der Waals surface area contributed by atoms with Gasteiger partial charge in [0.1, 0.15) is 11.6 Å². The van der Waals surface area contributed by atoms with E-state index < -0.39 is 0 Å². The van der Waals surface area contributed by atoms with Crippen molar-refractivity contribution in [2.24, 2.45) is 0 Å². The van der Waals surface area contributed by atoms with Gasteiger partial charge in [0.15, 0.2) is 11.5 Å². The minimum Gasteiger partial charge on any atom is -0.503 e. The van der Waals surface area contributed by atoms with Crippen molar-refractivity contribution in [2.45, 2.75) is 12.8 Å². The molecule has 1 N–H and O–H groups in total. The molecule has 0 unspecified atom stereocenters. The summed E-state index contributed by atoms with van der Waals surface area (Å²) in [5.74, 6) is 0.0127. The summed E-state index contributed by atoms with van der Waals surface area (Å²) in [6.45, 7) is 1.39. The number of nitriles is 1. The Balaban J connectivity index is 2.34. The fourth-order valence-corrected chi connectivity index (χ4v) is 2.69. The average Bonchev–Trinajstić information content (AvgIpc) is 3.01. The van der Waals surface area contributed by atoms with Crippen LogP contribution in [0.4, 0.5) is 0 Å². The van der Waals surface area contributed by atoms with Gasteiger partial charge in [0.25, 0.3) is 5.91 Å². The number of halogens is 1. The molecular formula is C15H15BrN2O3. The van der Waals surface area contributed by atoms with Crippen molar-refractivity contribution in [3.05, 3.63) is 27.7 Å². The van der Waals surface area contributed by atoms with Crippen LogP contribution in [-0.2, 0) is 4.79 Å². The molecular weight excluding hydrogens is 336 g/mol. The molecule has 1 amide bonds. The second kappa shape index (κ2) is 6.64. The SMILES string of the molecule is COc1cc(/C=C(\C#N)C(=O)N2CCCC2)cc(Br)c1O. The molecule has 0 bridgehead atoms. The Morgan fingerprint density at radius 3 is 2.71 bits per heavy atom. The van der Waals surface area contributed by atoms with Gasteiger partial charge >= 0.3 is 0 Å². The van der Waals surface area contributed by atoms with Crippen LogP contribution in [0.3, 0.4) is 0 Å². The van der Waals surface area contributed by atoms with Gasteiger partial charge in [-0.3, -0.25) is 4.79 Å². The van der Waals surface area contributed by atoms with Crippen LogP contribution in [0, 0.1) is 11.3 Å². The molecule has 0 aliphatic carbocycles. The first-order chi connectivity index (χ1) is 10.1. The van der Waals surface area contributed by atoms with Crippen molar-refractivity contribution in [2.75, 3.05) is 20.2 Å². The fraction of sp³-hybridized carbons (Fsp3) is 0.333. The summed E-state index contributed by atoms with van der Waals surface area (Å²) in [5, 5.41) is 19.0. The number of nitrogens with zero attached hydrogens (tertiary/aromatic N) is 2. The molecule has 1 aromatic carbocycles. The van der Waals surface area contributed by atoms with Gasteiger partial charge in [0, 0.05) is 13.1 Å². The number of aromatic hydroxyl groups is 1. The van der Waals surface area contributed by atoms with E-state index in [2.05, 4.69) is 15.9 Å². The maximum Gasteiger partial charge on any atom is 0.264 e. The Morgan fingerprint density at radius 2 is 2.14 bits per heavy atom. The highest BCUT2D eigenvalue weighted by atomic mass is 79.9. The minimum atomic E-state index is -0.252. The lowest BCUT2D eigenvalue weighted by molar-refractivity contribution is -0.125. The molecule has 1 aliphatic heterocycles. The van der Waals surface area contributed by atoms with Crippen molar-refractivity contribution in [1.29, 1.82) is 5.26 Å². The Morgan fingerprint density at radius 1 is 1.48 bits per heavy atom. The quantitative estimate of drug-likeness (QED) is 0.671. The highest BCUT2D eigenvalue weighted by molar-refractivity contribution is 9.10. The number of phenolic OH excluding ortho intramolecular Hbond substituents is 1. The number of phenols is 1. The fourth-order valence-electron chi connectivity index (χ4n) is 2.23. The van der Waals surface area contributed by atoms with Crippen molar-refractivity contribution >= 4 is 27.9 Å². The molecule has 6 heteroatoms. The zero-order valence-electron chi connectivity index (χ0n) is 11.6. The Kier molecular flexibility index (Phi) is 4.86. The van der Waals surface area contributed by atoms with Crippen LogP contribution >= 0.6 is 15.9 Å². The van der Waals surface area contributed by atoms with Crippen LogP contribution in [0.2, 0.25) is 0 Å². The third-order valence-electron chi connectivity index (χ3n) is 3.33. The lowest BCUT2D eigenvalue weighted by Crippen LogP contribution is -2.28. The summed E-state index contributed by atoms with van der Waals surface area (Å²) >= 11 is 3.22. The first kappa shape index (κ1) is 15.4. The third kappa shape index (κ3) is 3.37. The first-order valence-electron chi connectivity index (χ1n) is 6.54. The summed E-state index contributed by atoms with van der Waals surface area (Å²) in [6, 6.07) is 5.16. The zero-order valence-corrected chi connectivity index (χ0v) is 13.2. The van der Waals surface area contributed by atoms with Gasteiger partial charge in [0.05, 0.1) is 11.6 Å². The van der Waals surface area contributed by atoms with Crippen LogP contribution in [0.5, 0.6) is 11.5 Å². The molecule has 0 aromatic heterocycles. The molecule has 0 atom stereocenters. The molecule has 0 spiro atoms. The Hall–Kier alpha value is -2.00. The highest BCUT2D eigenvalue weighted by Crippen LogP contribution is 2.35. The van der Waals surface area contributed by atoms with Crippen molar-refractivity contribution < 1.29 is 14.6 Å². The van der Waals surface area contributed by atoms with Crippen molar-refractivity contribution in [3.8, 4) is 17.6 Å². The number of hydrogen-bond donors (Lipinski definition) is 1. The predicted molar refractivity (Wildman–Crippen MR) is 81.8 cm³/mol. The second-order valence-electron chi connectivity index (χ2n) is 4.72. The molecule has 1 aliphatic rings. The second-order valence-corrected chi connectivity index (χ2v) is 5.58. The van der Waals surface area contributed by atoms with Gasteiger partial charge < -0.3 is 14.7 Å². The molecule has 21 heavy (non-hydrogen) atoms. The summed E-state index contributed by atoms with van der Waals surface area (Å²) in [7, 11) is 1.44. The molecule has 1 aromatic rings. The number of amides is 1. The maximum atomic E-state index is 12.2. The third-order valence-corrected chi connectivity index (χ3v) is 3.93. The molecule has 1 heterocycles. The number of carbonyl (C=O) groups excluding carboxylic acids is 1. The van der Waals surface area contributed by atoms with Crippen LogP contribution in [0.15, 0.2) is 22.2 Å². The van der Waals surface area contributed by atoms with Gasteiger partial charge in [-0.15, -0.1) is 0 Å². The van der Waals surface area contributed by atoms with Gasteiger partial charge in [-0.25, -0.2) is 0 Å². The van der Waals surface area contributed by atoms with Crippen LogP contribution in [0.25, 0.3) is 6.08 Å². The molecule has 2 rings (SSSR count). The van der Waals surface area contributed by atoms with E-state index in [0.29, 0.717) is 23.1 Å². The Labute approximate surface area is 131 Å². The van der Waals surface area contributed by atoms with E-state index in [1.807, 2.05) is 6.07 Å². The number of ether oxygens (including phenoxy) is 1. The largest absolute Gasteiger partial charge is 0.503 e. The van der Waals surface area contributed by atoms with Gasteiger partial charge in [-0.2, -0.15) is 5.26 Å². The number of rotatable bonds is 3. The van der Waals surface area contributed by atoms with Crippen molar-refractivity contribution in [1.82, 2.24) is 4.90 Å². The predicted octanol–water partition coefficient (Wildman–Crippen LogP) is 2.69. The molecule has 110 valence electrons. The number of hydrogen-bond acceptors (Lipinski definition) is 4. The van der Waals surface area contributed by atoms with E-state index in [1.54, 1.807) is 17.0 Å². The van der Waals surface area contributed by atoms with Gasteiger partial charge in [-0.05, 0) is 52.5 Å². The normalized spacial score (nSPS) is 14.9. The smallest absolute Gasteiger partial charge is 0.264 e. The van der Waals surface area contributed by atoms with Gasteiger partial charge in [-0.1, -0.05) is 0 Å². The molecule has 0 saturated carbocycles. The average molecular weight is 351 g/mol. The van der Waals surface area contributed by atoms with E-state index >= 15 is 0 Å². The van der Waals surface area contributed by atoms with Crippen molar-refractivity contribution in [3.63, 3.8) is 0 Å². The standard InChI is InChI=1S/C15H15BrN2O3/c1-21-13-8-10(7-12(16)14(13)19)6-11(9-17)15(20)18-4-2-3-5-18/h6-8,19H,2-5H2,1H3/b11-6+.